The van der Waals surface area contributed by atoms with Crippen LogP contribution in [-0.4, -0.2) is 22.2 Å². The van der Waals surface area contributed by atoms with E-state index >= 15 is 0 Å². The Labute approximate surface area is 163 Å². The van der Waals surface area contributed by atoms with Crippen LogP contribution in [0.5, 0.6) is 0 Å². The van der Waals surface area contributed by atoms with Gasteiger partial charge in [0.25, 0.3) is 0 Å². The molecule has 0 aromatic heterocycles. The molecule has 2 aromatic carbocycles. The minimum Gasteiger partial charge on any atom is -0.325 e. The van der Waals surface area contributed by atoms with Gasteiger partial charge in [-0.1, -0.05) is 35.5 Å². The van der Waals surface area contributed by atoms with Gasteiger partial charge in [-0.15, -0.1) is 0 Å². The van der Waals surface area contributed by atoms with Gasteiger partial charge in [-0.2, -0.15) is 13.2 Å². The zero-order valence-corrected chi connectivity index (χ0v) is 15.5. The summed E-state index contributed by atoms with van der Waals surface area (Å²) in [6.07, 6.45) is -4.60. The molecule has 1 saturated heterocycles. The number of aryl methyl sites for hydroxylation is 1. The number of amidine groups is 1. The normalized spacial score (nSPS) is 18.6. The van der Waals surface area contributed by atoms with Crippen molar-refractivity contribution < 1.29 is 22.8 Å². The lowest BCUT2D eigenvalue weighted by Crippen LogP contribution is -2.41. The smallest absolute Gasteiger partial charge is 0.325 e. The first-order chi connectivity index (χ1) is 13.2. The van der Waals surface area contributed by atoms with Gasteiger partial charge in [0.2, 0.25) is 11.8 Å². The van der Waals surface area contributed by atoms with Crippen molar-refractivity contribution in [2.24, 2.45) is 4.99 Å². The van der Waals surface area contributed by atoms with E-state index in [0.29, 0.717) is 5.69 Å². The number of halogens is 3. The number of alkyl halides is 3. The van der Waals surface area contributed by atoms with Crippen molar-refractivity contribution in [2.75, 3.05) is 5.32 Å². The molecule has 28 heavy (non-hydrogen) atoms. The Balaban J connectivity index is 1.73. The number of carbonyl (C=O) groups excluding carboxylic acids is 2. The topological polar surface area (TPSA) is 70.6 Å². The Morgan fingerprint density at radius 3 is 2.61 bits per heavy atom. The number of benzene rings is 2. The van der Waals surface area contributed by atoms with Gasteiger partial charge in [-0.25, -0.2) is 4.99 Å². The molecule has 0 bridgehead atoms. The first kappa shape index (κ1) is 19.9. The molecule has 1 aliphatic rings. The van der Waals surface area contributed by atoms with Gasteiger partial charge in [0.05, 0.1) is 11.3 Å². The highest BCUT2D eigenvalue weighted by molar-refractivity contribution is 8.15. The summed E-state index contributed by atoms with van der Waals surface area (Å²) < 4.78 is 38.4. The summed E-state index contributed by atoms with van der Waals surface area (Å²) in [6.45, 7) is 1.93. The molecular formula is C19H16F3N3O2S. The maximum Gasteiger partial charge on any atom is 0.416 e. The predicted octanol–water partition coefficient (Wildman–Crippen LogP) is 4.26. The van der Waals surface area contributed by atoms with Crippen molar-refractivity contribution in [3.05, 3.63) is 59.7 Å². The average molecular weight is 407 g/mol. The molecule has 0 radical (unpaired) electrons. The average Bonchev–Trinajstić information content (AvgIpc) is 2.63. The summed E-state index contributed by atoms with van der Waals surface area (Å²) in [4.78, 5) is 28.7. The van der Waals surface area contributed by atoms with E-state index in [9.17, 15) is 22.8 Å². The first-order valence-corrected chi connectivity index (χ1v) is 9.19. The summed E-state index contributed by atoms with van der Waals surface area (Å²) in [5, 5.41) is 4.51. The van der Waals surface area contributed by atoms with E-state index in [1.807, 2.05) is 19.1 Å². The Morgan fingerprint density at radius 2 is 1.93 bits per heavy atom. The Morgan fingerprint density at radius 1 is 1.21 bits per heavy atom. The minimum atomic E-state index is -4.51. The van der Waals surface area contributed by atoms with Crippen molar-refractivity contribution in [1.82, 2.24) is 5.32 Å². The van der Waals surface area contributed by atoms with Crippen LogP contribution in [0.2, 0.25) is 0 Å². The number of nitrogens with zero attached hydrogens (tertiary/aromatic N) is 1. The molecule has 0 aliphatic carbocycles. The van der Waals surface area contributed by atoms with Gasteiger partial charge in [-0.3, -0.25) is 9.59 Å². The van der Waals surface area contributed by atoms with E-state index in [1.165, 1.54) is 12.1 Å². The van der Waals surface area contributed by atoms with E-state index in [-0.39, 0.29) is 23.2 Å². The lowest BCUT2D eigenvalue weighted by molar-refractivity contribution is -0.137. The SMILES string of the molecule is Cc1ccc(N=C2NC(=O)C[C@@H](C(=O)Nc3cccc(C(F)(F)F)c3)S2)cc1. The number of rotatable bonds is 3. The van der Waals surface area contributed by atoms with Gasteiger partial charge in [0.15, 0.2) is 5.17 Å². The maximum atomic E-state index is 12.8. The molecule has 9 heteroatoms. The van der Waals surface area contributed by atoms with Crippen molar-refractivity contribution >= 4 is 40.1 Å². The number of anilines is 1. The van der Waals surface area contributed by atoms with Crippen LogP contribution in [0.4, 0.5) is 24.5 Å². The second-order valence-corrected chi connectivity index (χ2v) is 7.37. The second-order valence-electron chi connectivity index (χ2n) is 6.18. The summed E-state index contributed by atoms with van der Waals surface area (Å²) >= 11 is 1.06. The van der Waals surface area contributed by atoms with Gasteiger partial charge < -0.3 is 10.6 Å². The van der Waals surface area contributed by atoms with Crippen LogP contribution in [0.15, 0.2) is 53.5 Å². The monoisotopic (exact) mass is 407 g/mol. The number of thioether (sulfide) groups is 1. The van der Waals surface area contributed by atoms with Crippen LogP contribution >= 0.6 is 11.8 Å². The molecule has 0 unspecified atom stereocenters. The molecule has 1 atom stereocenters. The van der Waals surface area contributed by atoms with Gasteiger partial charge >= 0.3 is 6.18 Å². The third kappa shape index (κ3) is 5.13. The fraction of sp³-hybridized carbons (Fsp3) is 0.211. The largest absolute Gasteiger partial charge is 0.416 e. The second kappa shape index (κ2) is 8.05. The van der Waals surface area contributed by atoms with E-state index in [2.05, 4.69) is 15.6 Å². The zero-order chi connectivity index (χ0) is 20.3. The summed E-state index contributed by atoms with van der Waals surface area (Å²) in [5.41, 5.74) is 0.833. The Bertz CT molecular complexity index is 927. The van der Waals surface area contributed by atoms with Crippen molar-refractivity contribution in [1.29, 1.82) is 0 Å². The summed E-state index contributed by atoms with van der Waals surface area (Å²) in [6, 6.07) is 11.6. The molecule has 3 rings (SSSR count). The Hall–Kier alpha value is -2.81. The van der Waals surface area contributed by atoms with Crippen molar-refractivity contribution in [3.8, 4) is 0 Å². The van der Waals surface area contributed by atoms with Crippen LogP contribution in [-0.2, 0) is 15.8 Å². The molecular weight excluding hydrogens is 391 g/mol. The van der Waals surface area contributed by atoms with Crippen LogP contribution in [0.3, 0.4) is 0 Å². The summed E-state index contributed by atoms with van der Waals surface area (Å²) in [5.74, 6) is -0.940. The van der Waals surface area contributed by atoms with Crippen LogP contribution in [0, 0.1) is 6.92 Å². The van der Waals surface area contributed by atoms with Crippen LogP contribution < -0.4 is 10.6 Å². The molecule has 1 heterocycles. The fourth-order valence-corrected chi connectivity index (χ4v) is 3.48. The summed E-state index contributed by atoms with van der Waals surface area (Å²) in [7, 11) is 0. The maximum absolute atomic E-state index is 12.8. The molecule has 146 valence electrons. The van der Waals surface area contributed by atoms with E-state index < -0.39 is 22.9 Å². The minimum absolute atomic E-state index is 0.0171. The number of amides is 2. The molecule has 0 saturated carbocycles. The molecule has 5 nitrogen and oxygen atoms in total. The van der Waals surface area contributed by atoms with Crippen LogP contribution in [0.1, 0.15) is 17.5 Å². The van der Waals surface area contributed by atoms with Crippen LogP contribution in [0.25, 0.3) is 0 Å². The molecule has 1 aliphatic heterocycles. The third-order valence-electron chi connectivity index (χ3n) is 3.89. The number of aliphatic imine (C=N–C) groups is 1. The van der Waals surface area contributed by atoms with Gasteiger partial charge in [0, 0.05) is 12.1 Å². The molecule has 2 amide bonds. The fourth-order valence-electron chi connectivity index (χ4n) is 2.48. The van der Waals surface area contributed by atoms with Crippen molar-refractivity contribution in [2.45, 2.75) is 24.8 Å². The highest BCUT2D eigenvalue weighted by atomic mass is 32.2. The standard InChI is InChI=1S/C19H16F3N3O2S/c1-11-5-7-13(8-6-11)24-18-25-16(26)10-15(28-18)17(27)23-14-4-2-3-12(9-14)19(20,21)22/h2-9,15H,10H2,1H3,(H,23,27)(H,24,25,26)/t15-/m0/s1. The van der Waals surface area contributed by atoms with E-state index in [4.69, 9.17) is 0 Å². The van der Waals surface area contributed by atoms with Gasteiger partial charge in [0.1, 0.15) is 5.25 Å². The van der Waals surface area contributed by atoms with Crippen molar-refractivity contribution in [3.63, 3.8) is 0 Å². The zero-order valence-electron chi connectivity index (χ0n) is 14.7. The lowest BCUT2D eigenvalue weighted by Gasteiger charge is -2.22. The van der Waals surface area contributed by atoms with E-state index in [1.54, 1.807) is 12.1 Å². The number of hydrogen-bond donors (Lipinski definition) is 2. The molecule has 0 spiro atoms. The molecule has 2 N–H and O–H groups in total. The van der Waals surface area contributed by atoms with E-state index in [0.717, 1.165) is 29.5 Å². The number of nitrogens with one attached hydrogen (secondary N) is 2. The molecule has 2 aromatic rings. The quantitative estimate of drug-likeness (QED) is 0.799. The lowest BCUT2D eigenvalue weighted by atomic mass is 10.2. The van der Waals surface area contributed by atoms with Gasteiger partial charge in [-0.05, 0) is 37.3 Å². The highest BCUT2D eigenvalue weighted by Gasteiger charge is 2.32. The predicted molar refractivity (Wildman–Crippen MR) is 102 cm³/mol. The number of carbonyl (C=O) groups is 2. The number of hydrogen-bond acceptors (Lipinski definition) is 4. The molecule has 1 fully saturated rings. The first-order valence-electron chi connectivity index (χ1n) is 8.31. The highest BCUT2D eigenvalue weighted by Crippen LogP contribution is 2.31. The third-order valence-corrected chi connectivity index (χ3v) is 4.97. The Kier molecular flexibility index (Phi) is 5.73.